The molecule has 3 N–H and O–H groups in total. The highest BCUT2D eigenvalue weighted by Gasteiger charge is 2.21. The Balaban J connectivity index is 0.00000220. The Hall–Kier alpha value is -1.14. The lowest BCUT2D eigenvalue weighted by molar-refractivity contribution is -0.125. The van der Waals surface area contributed by atoms with Gasteiger partial charge in [0, 0.05) is 24.4 Å². The molecule has 2 atom stereocenters. The van der Waals surface area contributed by atoms with Crippen LogP contribution in [0.3, 0.4) is 0 Å². The van der Waals surface area contributed by atoms with Crippen molar-refractivity contribution in [1.82, 2.24) is 10.3 Å². The molecule has 0 aliphatic carbocycles. The number of benzene rings is 1. The third kappa shape index (κ3) is 5.93. The van der Waals surface area contributed by atoms with Crippen LogP contribution in [-0.2, 0) is 11.2 Å². The summed E-state index contributed by atoms with van der Waals surface area (Å²) >= 11 is 1.56. The number of carbonyl (C=O) groups is 1. The second-order valence-electron chi connectivity index (χ2n) is 4.75. The van der Waals surface area contributed by atoms with Crippen LogP contribution in [0.2, 0.25) is 0 Å². The zero-order valence-electron chi connectivity index (χ0n) is 12.3. The number of thiazole rings is 1. The molecule has 2 aromatic rings. The van der Waals surface area contributed by atoms with Crippen LogP contribution in [0.4, 0.5) is 0 Å². The fourth-order valence-corrected chi connectivity index (χ4v) is 2.56. The molecule has 0 aliphatic rings. The van der Waals surface area contributed by atoms with E-state index in [0.717, 1.165) is 17.7 Å². The molecule has 0 saturated carbocycles. The first-order valence-electron chi connectivity index (χ1n) is 6.64. The van der Waals surface area contributed by atoms with Crippen molar-refractivity contribution in [2.75, 3.05) is 6.54 Å². The number of carbonyl (C=O) groups excluding carboxylic acids is 1. The van der Waals surface area contributed by atoms with E-state index < -0.39 is 0 Å². The number of nitrogens with zero attached hydrogens (tertiary/aromatic N) is 1. The van der Waals surface area contributed by atoms with E-state index in [4.69, 9.17) is 5.73 Å². The predicted octanol–water partition coefficient (Wildman–Crippen LogP) is 2.98. The fraction of sp³-hybridized carbons (Fsp3) is 0.333. The SMILES string of the molecule is CC(C(=O)NCCc1cscn1)C(N)c1ccccc1.Cl.Cl. The van der Waals surface area contributed by atoms with Crippen LogP contribution in [0.15, 0.2) is 41.2 Å². The van der Waals surface area contributed by atoms with Gasteiger partial charge < -0.3 is 11.1 Å². The maximum atomic E-state index is 12.1. The molecular formula is C15H21Cl2N3OS. The molecule has 2 unspecified atom stereocenters. The number of aromatic nitrogens is 1. The summed E-state index contributed by atoms with van der Waals surface area (Å²) in [6, 6.07) is 9.42. The zero-order valence-corrected chi connectivity index (χ0v) is 14.7. The molecule has 0 bridgehead atoms. The quantitative estimate of drug-likeness (QED) is 0.830. The van der Waals surface area contributed by atoms with Crippen molar-refractivity contribution >= 4 is 42.1 Å². The topological polar surface area (TPSA) is 68.0 Å². The maximum Gasteiger partial charge on any atom is 0.224 e. The summed E-state index contributed by atoms with van der Waals surface area (Å²) in [5, 5.41) is 4.91. The van der Waals surface area contributed by atoms with Crippen molar-refractivity contribution < 1.29 is 4.79 Å². The number of amides is 1. The van der Waals surface area contributed by atoms with Crippen LogP contribution >= 0.6 is 36.2 Å². The predicted molar refractivity (Wildman–Crippen MR) is 95.9 cm³/mol. The van der Waals surface area contributed by atoms with E-state index in [0.29, 0.717) is 6.54 Å². The normalized spacial score (nSPS) is 12.5. The Bertz CT molecular complexity index is 537. The van der Waals surface area contributed by atoms with Crippen LogP contribution < -0.4 is 11.1 Å². The molecule has 0 fully saturated rings. The van der Waals surface area contributed by atoms with Crippen molar-refractivity contribution in [2.24, 2.45) is 11.7 Å². The Morgan fingerprint density at radius 1 is 1.32 bits per heavy atom. The molecule has 2 rings (SSSR count). The molecule has 0 saturated heterocycles. The van der Waals surface area contributed by atoms with Gasteiger partial charge in [-0.2, -0.15) is 0 Å². The van der Waals surface area contributed by atoms with Crippen LogP contribution in [0, 0.1) is 5.92 Å². The van der Waals surface area contributed by atoms with E-state index in [2.05, 4.69) is 10.3 Å². The van der Waals surface area contributed by atoms with Crippen LogP contribution in [0.1, 0.15) is 24.2 Å². The first kappa shape index (κ1) is 20.9. The zero-order chi connectivity index (χ0) is 14.4. The van der Waals surface area contributed by atoms with E-state index >= 15 is 0 Å². The van der Waals surface area contributed by atoms with Gasteiger partial charge in [0.05, 0.1) is 17.1 Å². The lowest BCUT2D eigenvalue weighted by Gasteiger charge is -2.19. The summed E-state index contributed by atoms with van der Waals surface area (Å²) in [7, 11) is 0. The number of hydrogen-bond acceptors (Lipinski definition) is 4. The standard InChI is InChI=1S/C15H19N3OS.2ClH/c1-11(14(16)12-5-3-2-4-6-12)15(19)17-8-7-13-9-20-10-18-13;;/h2-6,9-11,14H,7-8,16H2,1H3,(H,17,19);2*1H. The summed E-state index contributed by atoms with van der Waals surface area (Å²) in [6.07, 6.45) is 0.753. The van der Waals surface area contributed by atoms with Crippen LogP contribution in [-0.4, -0.2) is 17.4 Å². The fourth-order valence-electron chi connectivity index (χ4n) is 1.96. The highest BCUT2D eigenvalue weighted by molar-refractivity contribution is 7.07. The van der Waals surface area contributed by atoms with Gasteiger partial charge in [-0.25, -0.2) is 4.98 Å². The van der Waals surface area contributed by atoms with Crippen molar-refractivity contribution in [3.05, 3.63) is 52.5 Å². The van der Waals surface area contributed by atoms with Gasteiger partial charge in [-0.3, -0.25) is 4.79 Å². The van der Waals surface area contributed by atoms with Gasteiger partial charge in [0.2, 0.25) is 5.91 Å². The van der Waals surface area contributed by atoms with Gasteiger partial charge >= 0.3 is 0 Å². The van der Waals surface area contributed by atoms with Crippen LogP contribution in [0.5, 0.6) is 0 Å². The Labute approximate surface area is 147 Å². The van der Waals surface area contributed by atoms with E-state index in [1.807, 2.05) is 42.6 Å². The minimum Gasteiger partial charge on any atom is -0.355 e. The van der Waals surface area contributed by atoms with E-state index in [9.17, 15) is 4.79 Å². The van der Waals surface area contributed by atoms with Crippen molar-refractivity contribution in [2.45, 2.75) is 19.4 Å². The average Bonchev–Trinajstić information content (AvgIpc) is 2.99. The maximum absolute atomic E-state index is 12.1. The molecule has 0 radical (unpaired) electrons. The summed E-state index contributed by atoms with van der Waals surface area (Å²) in [5.41, 5.74) is 9.92. The molecule has 7 heteroatoms. The summed E-state index contributed by atoms with van der Waals surface area (Å²) in [6.45, 7) is 2.45. The molecule has 0 aliphatic heterocycles. The van der Waals surface area contributed by atoms with Gasteiger partial charge in [0.1, 0.15) is 0 Å². The van der Waals surface area contributed by atoms with Crippen molar-refractivity contribution in [3.63, 3.8) is 0 Å². The molecule has 1 heterocycles. The first-order valence-corrected chi connectivity index (χ1v) is 7.58. The van der Waals surface area contributed by atoms with Gasteiger partial charge in [0.15, 0.2) is 0 Å². The number of rotatable bonds is 6. The largest absolute Gasteiger partial charge is 0.355 e. The third-order valence-corrected chi connectivity index (χ3v) is 3.94. The Kier molecular flexibility index (Phi) is 10.0. The molecular weight excluding hydrogens is 341 g/mol. The summed E-state index contributed by atoms with van der Waals surface area (Å²) < 4.78 is 0. The molecule has 122 valence electrons. The number of nitrogens with one attached hydrogen (secondary N) is 1. The van der Waals surface area contributed by atoms with E-state index in [-0.39, 0.29) is 42.7 Å². The van der Waals surface area contributed by atoms with Crippen molar-refractivity contribution in [1.29, 1.82) is 0 Å². The Morgan fingerprint density at radius 3 is 2.59 bits per heavy atom. The molecule has 22 heavy (non-hydrogen) atoms. The summed E-state index contributed by atoms with van der Waals surface area (Å²) in [4.78, 5) is 16.3. The van der Waals surface area contributed by atoms with Gasteiger partial charge in [0.25, 0.3) is 0 Å². The molecule has 0 spiro atoms. The minimum atomic E-state index is -0.282. The smallest absolute Gasteiger partial charge is 0.224 e. The minimum absolute atomic E-state index is 0. The number of hydrogen-bond donors (Lipinski definition) is 2. The third-order valence-electron chi connectivity index (χ3n) is 3.30. The summed E-state index contributed by atoms with van der Waals surface area (Å²) in [5.74, 6) is -0.274. The monoisotopic (exact) mass is 361 g/mol. The van der Waals surface area contributed by atoms with Gasteiger partial charge in [-0.15, -0.1) is 36.2 Å². The van der Waals surface area contributed by atoms with Gasteiger partial charge in [-0.1, -0.05) is 37.3 Å². The second kappa shape index (κ2) is 10.6. The number of nitrogens with two attached hydrogens (primary N) is 1. The molecule has 4 nitrogen and oxygen atoms in total. The first-order chi connectivity index (χ1) is 9.68. The second-order valence-corrected chi connectivity index (χ2v) is 5.46. The Morgan fingerprint density at radius 2 is 2.00 bits per heavy atom. The molecule has 1 aromatic carbocycles. The number of halogens is 2. The van der Waals surface area contributed by atoms with Crippen LogP contribution in [0.25, 0.3) is 0 Å². The average molecular weight is 362 g/mol. The van der Waals surface area contributed by atoms with E-state index in [1.165, 1.54) is 0 Å². The van der Waals surface area contributed by atoms with E-state index in [1.54, 1.807) is 16.8 Å². The van der Waals surface area contributed by atoms with Gasteiger partial charge in [-0.05, 0) is 5.56 Å². The highest BCUT2D eigenvalue weighted by Crippen LogP contribution is 2.18. The lowest BCUT2D eigenvalue weighted by atomic mass is 9.94. The molecule has 1 aromatic heterocycles. The molecule has 1 amide bonds. The lowest BCUT2D eigenvalue weighted by Crippen LogP contribution is -2.36. The van der Waals surface area contributed by atoms with Crippen molar-refractivity contribution in [3.8, 4) is 0 Å². The highest BCUT2D eigenvalue weighted by atomic mass is 35.5.